The lowest BCUT2D eigenvalue weighted by molar-refractivity contribution is -0.141. The van der Waals surface area contributed by atoms with Gasteiger partial charge >= 0.3 is 5.97 Å². The number of hydrogen-bond acceptors (Lipinski definition) is 2. The molecule has 24 heavy (non-hydrogen) atoms. The third-order valence-electron chi connectivity index (χ3n) is 3.93. The highest BCUT2D eigenvalue weighted by atomic mass is 16.4. The Kier molecular flexibility index (Phi) is 4.39. The van der Waals surface area contributed by atoms with Crippen LogP contribution in [0.4, 0.5) is 0 Å². The van der Waals surface area contributed by atoms with Gasteiger partial charge in [-0.2, -0.15) is 0 Å². The number of benzene rings is 2. The number of furan rings is 1. The average molecular weight is 318 g/mol. The molecule has 0 saturated carbocycles. The van der Waals surface area contributed by atoms with E-state index in [1.165, 1.54) is 5.56 Å². The zero-order chi connectivity index (χ0) is 17.1. The normalized spacial score (nSPS) is 11.8. The van der Waals surface area contributed by atoms with Crippen molar-refractivity contribution in [3.05, 3.63) is 71.0 Å². The van der Waals surface area contributed by atoms with Gasteiger partial charge in [0.25, 0.3) is 0 Å². The molecule has 1 aromatic heterocycles. The topological polar surface area (TPSA) is 50.4 Å². The van der Waals surface area contributed by atoms with Crippen LogP contribution in [0.5, 0.6) is 0 Å². The predicted octanol–water partition coefficient (Wildman–Crippen LogP) is 4.40. The van der Waals surface area contributed by atoms with Gasteiger partial charge in [0.1, 0.15) is 11.3 Å². The van der Waals surface area contributed by atoms with Gasteiger partial charge < -0.3 is 9.52 Å². The maximum absolute atomic E-state index is 11.0. The first kappa shape index (κ1) is 15.9. The molecule has 1 N–H and O–H groups in total. The summed E-state index contributed by atoms with van der Waals surface area (Å²) in [7, 11) is 0. The molecular formula is C21H18O3. The van der Waals surface area contributed by atoms with E-state index >= 15 is 0 Å². The van der Waals surface area contributed by atoms with E-state index in [-0.39, 0.29) is 0 Å². The molecule has 0 bridgehead atoms. The average Bonchev–Trinajstić information content (AvgIpc) is 2.97. The van der Waals surface area contributed by atoms with Crippen LogP contribution in [0.1, 0.15) is 29.4 Å². The zero-order valence-electron chi connectivity index (χ0n) is 13.7. The second kappa shape index (κ2) is 6.64. The van der Waals surface area contributed by atoms with Crippen molar-refractivity contribution in [3.8, 4) is 11.8 Å². The Bertz CT molecular complexity index is 937. The molecular weight excluding hydrogens is 300 g/mol. The molecule has 0 radical (unpaired) electrons. The molecule has 0 saturated heterocycles. The summed E-state index contributed by atoms with van der Waals surface area (Å²) in [6.07, 6.45) is 0.370. The van der Waals surface area contributed by atoms with Gasteiger partial charge in [0.05, 0.1) is 5.92 Å². The summed E-state index contributed by atoms with van der Waals surface area (Å²) in [5.41, 5.74) is 3.78. The van der Waals surface area contributed by atoms with Gasteiger partial charge in [0.15, 0.2) is 0 Å². The molecule has 3 heteroatoms. The van der Waals surface area contributed by atoms with E-state index in [1.54, 1.807) is 6.92 Å². The van der Waals surface area contributed by atoms with Crippen molar-refractivity contribution in [2.24, 2.45) is 5.92 Å². The van der Waals surface area contributed by atoms with Crippen molar-refractivity contribution in [3.63, 3.8) is 0 Å². The maximum Gasteiger partial charge on any atom is 0.306 e. The highest BCUT2D eigenvalue weighted by Gasteiger charge is 2.15. The van der Waals surface area contributed by atoms with Gasteiger partial charge in [-0.15, -0.1) is 0 Å². The largest absolute Gasteiger partial charge is 0.481 e. The Labute approximate surface area is 140 Å². The molecule has 1 heterocycles. The van der Waals surface area contributed by atoms with E-state index in [0.717, 1.165) is 22.1 Å². The van der Waals surface area contributed by atoms with E-state index < -0.39 is 11.9 Å². The van der Waals surface area contributed by atoms with Gasteiger partial charge in [0.2, 0.25) is 0 Å². The second-order valence-corrected chi connectivity index (χ2v) is 5.99. The summed E-state index contributed by atoms with van der Waals surface area (Å²) in [6.45, 7) is 3.72. The Morgan fingerprint density at radius 1 is 1.17 bits per heavy atom. The first-order valence-electron chi connectivity index (χ1n) is 7.86. The molecule has 3 nitrogen and oxygen atoms in total. The fourth-order valence-electron chi connectivity index (χ4n) is 2.49. The molecule has 0 spiro atoms. The third kappa shape index (κ3) is 3.49. The van der Waals surface area contributed by atoms with Crippen molar-refractivity contribution >= 4 is 16.9 Å². The predicted molar refractivity (Wildman–Crippen MR) is 93.9 cm³/mol. The number of fused-ring (bicyclic) bond motifs is 1. The summed E-state index contributed by atoms with van der Waals surface area (Å²) in [5.74, 6) is 5.72. The molecule has 0 fully saturated rings. The van der Waals surface area contributed by atoms with Crippen LogP contribution in [-0.2, 0) is 11.2 Å². The fraction of sp³-hybridized carbons (Fsp3) is 0.190. The van der Waals surface area contributed by atoms with Crippen molar-refractivity contribution in [2.45, 2.75) is 20.3 Å². The summed E-state index contributed by atoms with van der Waals surface area (Å²) in [6, 6.07) is 15.7. The highest BCUT2D eigenvalue weighted by Crippen LogP contribution is 2.24. The number of aryl methyl sites for hydroxylation is 1. The Hall–Kier alpha value is -2.99. The van der Waals surface area contributed by atoms with Gasteiger partial charge in [0, 0.05) is 22.9 Å². The lowest BCUT2D eigenvalue weighted by atomic mass is 10.1. The standard InChI is InChI=1S/C21H18O3/c1-14-6-8-16(9-7-14)10-11-17-4-3-5-20-19(17)13-18(24-20)12-15(2)21(22)23/h3-9,13,15H,12H2,1-2H3,(H,22,23). The minimum Gasteiger partial charge on any atom is -0.481 e. The van der Waals surface area contributed by atoms with Crippen LogP contribution < -0.4 is 0 Å². The number of hydrogen-bond donors (Lipinski definition) is 1. The minimum absolute atomic E-state index is 0.370. The highest BCUT2D eigenvalue weighted by molar-refractivity contribution is 5.85. The molecule has 0 aliphatic heterocycles. The second-order valence-electron chi connectivity index (χ2n) is 5.99. The quantitative estimate of drug-likeness (QED) is 0.728. The van der Waals surface area contributed by atoms with Crippen molar-refractivity contribution < 1.29 is 14.3 Å². The van der Waals surface area contributed by atoms with E-state index in [9.17, 15) is 4.79 Å². The molecule has 1 atom stereocenters. The third-order valence-corrected chi connectivity index (χ3v) is 3.93. The summed E-state index contributed by atoms with van der Waals surface area (Å²) < 4.78 is 5.77. The summed E-state index contributed by atoms with van der Waals surface area (Å²) >= 11 is 0. The zero-order valence-corrected chi connectivity index (χ0v) is 13.7. The lowest BCUT2D eigenvalue weighted by Crippen LogP contribution is -2.11. The summed E-state index contributed by atoms with van der Waals surface area (Å²) in [4.78, 5) is 11.0. The molecule has 0 aliphatic carbocycles. The SMILES string of the molecule is Cc1ccc(C#Cc2cccc3oc(CC(C)C(=O)O)cc23)cc1. The van der Waals surface area contributed by atoms with Crippen molar-refractivity contribution in [1.29, 1.82) is 0 Å². The van der Waals surface area contributed by atoms with Crippen LogP contribution in [0.2, 0.25) is 0 Å². The van der Waals surface area contributed by atoms with Crippen LogP contribution in [0.15, 0.2) is 52.9 Å². The van der Waals surface area contributed by atoms with Gasteiger partial charge in [-0.3, -0.25) is 4.79 Å². The molecule has 3 rings (SSSR count). The maximum atomic E-state index is 11.0. The molecule has 2 aromatic carbocycles. The number of carbonyl (C=O) groups is 1. The van der Waals surface area contributed by atoms with Crippen LogP contribution in [0, 0.1) is 24.7 Å². The first-order chi connectivity index (χ1) is 11.5. The van der Waals surface area contributed by atoms with Crippen molar-refractivity contribution in [2.75, 3.05) is 0 Å². The van der Waals surface area contributed by atoms with Crippen LogP contribution >= 0.6 is 0 Å². The van der Waals surface area contributed by atoms with Crippen LogP contribution in [0.3, 0.4) is 0 Å². The number of aliphatic carboxylic acids is 1. The molecule has 3 aromatic rings. The van der Waals surface area contributed by atoms with Crippen LogP contribution in [0.25, 0.3) is 11.0 Å². The summed E-state index contributed by atoms with van der Waals surface area (Å²) in [5, 5.41) is 9.96. The van der Waals surface area contributed by atoms with E-state index in [0.29, 0.717) is 12.2 Å². The van der Waals surface area contributed by atoms with E-state index in [4.69, 9.17) is 9.52 Å². The van der Waals surface area contributed by atoms with Gasteiger partial charge in [-0.25, -0.2) is 0 Å². The minimum atomic E-state index is -0.824. The van der Waals surface area contributed by atoms with E-state index in [1.807, 2.05) is 55.5 Å². The van der Waals surface area contributed by atoms with E-state index in [2.05, 4.69) is 11.8 Å². The molecule has 0 amide bonds. The smallest absolute Gasteiger partial charge is 0.306 e. The monoisotopic (exact) mass is 318 g/mol. The molecule has 120 valence electrons. The fourth-order valence-corrected chi connectivity index (χ4v) is 2.49. The van der Waals surface area contributed by atoms with Gasteiger partial charge in [-0.1, -0.05) is 42.5 Å². The van der Waals surface area contributed by atoms with Crippen molar-refractivity contribution in [1.82, 2.24) is 0 Å². The van der Waals surface area contributed by atoms with Gasteiger partial charge in [-0.05, 0) is 37.3 Å². The molecule has 1 unspecified atom stereocenters. The number of carboxylic acid groups (broad SMARTS) is 1. The number of rotatable bonds is 3. The number of carboxylic acids is 1. The van der Waals surface area contributed by atoms with Crippen LogP contribution in [-0.4, -0.2) is 11.1 Å². The lowest BCUT2D eigenvalue weighted by Gasteiger charge is -2.01. The Balaban J connectivity index is 1.93. The first-order valence-corrected chi connectivity index (χ1v) is 7.86. The Morgan fingerprint density at radius 2 is 1.92 bits per heavy atom. The Morgan fingerprint density at radius 3 is 2.62 bits per heavy atom. The molecule has 0 aliphatic rings.